The maximum atomic E-state index is 14.5. The van der Waals surface area contributed by atoms with Crippen LogP contribution in [0.15, 0.2) is 66.7 Å². The van der Waals surface area contributed by atoms with Gasteiger partial charge in [0, 0.05) is 17.7 Å². The summed E-state index contributed by atoms with van der Waals surface area (Å²) in [5.74, 6) is -2.48. The fourth-order valence-corrected chi connectivity index (χ4v) is 2.80. The molecule has 0 aliphatic carbocycles. The zero-order valence-corrected chi connectivity index (χ0v) is 15.0. The molecule has 28 heavy (non-hydrogen) atoms. The third-order valence-electron chi connectivity index (χ3n) is 4.24. The van der Waals surface area contributed by atoms with Crippen molar-refractivity contribution in [3.63, 3.8) is 0 Å². The van der Waals surface area contributed by atoms with Crippen LogP contribution in [0.2, 0.25) is 0 Å². The number of hydrogen-bond donors (Lipinski definition) is 1. The third-order valence-corrected chi connectivity index (χ3v) is 4.24. The first-order valence-corrected chi connectivity index (χ1v) is 8.50. The van der Waals surface area contributed by atoms with Crippen molar-refractivity contribution in [2.24, 2.45) is 0 Å². The van der Waals surface area contributed by atoms with Gasteiger partial charge in [-0.05, 0) is 35.4 Å². The van der Waals surface area contributed by atoms with Crippen LogP contribution in [-0.2, 0) is 11.3 Å². The van der Waals surface area contributed by atoms with E-state index in [1.807, 2.05) is 0 Å². The minimum atomic E-state index is -0.840. The normalized spacial score (nSPS) is 10.4. The van der Waals surface area contributed by atoms with Gasteiger partial charge in [-0.25, -0.2) is 13.6 Å². The number of benzene rings is 3. The van der Waals surface area contributed by atoms with E-state index in [2.05, 4.69) is 10.1 Å². The number of rotatable bonds is 5. The Kier molecular flexibility index (Phi) is 5.79. The number of amides is 1. The second-order valence-corrected chi connectivity index (χ2v) is 6.01. The fraction of sp³-hybridized carbons (Fsp3) is 0.0909. The maximum absolute atomic E-state index is 14.5. The summed E-state index contributed by atoms with van der Waals surface area (Å²) >= 11 is 0. The molecule has 0 aliphatic heterocycles. The smallest absolute Gasteiger partial charge is 0.341 e. The van der Waals surface area contributed by atoms with Gasteiger partial charge >= 0.3 is 5.97 Å². The largest absolute Gasteiger partial charge is 0.465 e. The first-order chi connectivity index (χ1) is 13.5. The summed E-state index contributed by atoms with van der Waals surface area (Å²) in [5, 5.41) is 2.65. The van der Waals surface area contributed by atoms with Crippen LogP contribution in [0, 0.1) is 11.6 Å². The quantitative estimate of drug-likeness (QED) is 0.669. The number of nitrogens with one attached hydrogen (secondary N) is 1. The molecule has 1 amide bonds. The van der Waals surface area contributed by atoms with Crippen LogP contribution < -0.4 is 5.32 Å². The number of carbonyl (C=O) groups excluding carboxylic acids is 2. The first-order valence-electron chi connectivity index (χ1n) is 8.50. The Morgan fingerprint density at radius 2 is 1.68 bits per heavy atom. The highest BCUT2D eigenvalue weighted by Crippen LogP contribution is 2.28. The minimum Gasteiger partial charge on any atom is -0.465 e. The van der Waals surface area contributed by atoms with E-state index in [9.17, 15) is 18.4 Å². The predicted octanol–water partition coefficient (Wildman–Crippen LogP) is 4.35. The lowest BCUT2D eigenvalue weighted by atomic mass is 9.98. The predicted molar refractivity (Wildman–Crippen MR) is 101 cm³/mol. The fourth-order valence-electron chi connectivity index (χ4n) is 2.80. The van der Waals surface area contributed by atoms with Crippen molar-refractivity contribution in [1.82, 2.24) is 5.32 Å². The van der Waals surface area contributed by atoms with Crippen molar-refractivity contribution in [3.05, 3.63) is 95.1 Å². The number of methoxy groups -OCH3 is 1. The van der Waals surface area contributed by atoms with E-state index in [0.29, 0.717) is 11.1 Å². The number of ether oxygens (including phenoxy) is 1. The lowest BCUT2D eigenvalue weighted by Crippen LogP contribution is -2.23. The van der Waals surface area contributed by atoms with E-state index in [4.69, 9.17) is 0 Å². The lowest BCUT2D eigenvalue weighted by molar-refractivity contribution is 0.0596. The van der Waals surface area contributed by atoms with Crippen LogP contribution >= 0.6 is 0 Å². The molecule has 3 aromatic rings. The summed E-state index contributed by atoms with van der Waals surface area (Å²) in [6.07, 6.45) is 0. The van der Waals surface area contributed by atoms with E-state index in [0.717, 1.165) is 13.2 Å². The van der Waals surface area contributed by atoms with Gasteiger partial charge in [-0.2, -0.15) is 0 Å². The second-order valence-electron chi connectivity index (χ2n) is 6.01. The van der Waals surface area contributed by atoms with Crippen LogP contribution in [0.4, 0.5) is 8.78 Å². The van der Waals surface area contributed by atoms with Crippen LogP contribution in [0.5, 0.6) is 0 Å². The second kappa shape index (κ2) is 8.43. The van der Waals surface area contributed by atoms with Crippen molar-refractivity contribution in [3.8, 4) is 11.1 Å². The van der Waals surface area contributed by atoms with E-state index in [1.165, 1.54) is 24.3 Å². The lowest BCUT2D eigenvalue weighted by Gasteiger charge is -2.11. The molecule has 0 aromatic heterocycles. The molecule has 3 aromatic carbocycles. The molecule has 142 valence electrons. The van der Waals surface area contributed by atoms with E-state index < -0.39 is 17.6 Å². The van der Waals surface area contributed by atoms with Crippen molar-refractivity contribution in [2.75, 3.05) is 7.11 Å². The van der Waals surface area contributed by atoms with Gasteiger partial charge in [-0.15, -0.1) is 0 Å². The monoisotopic (exact) mass is 381 g/mol. The molecule has 0 spiro atoms. The van der Waals surface area contributed by atoms with Gasteiger partial charge in [0.25, 0.3) is 5.91 Å². The van der Waals surface area contributed by atoms with Crippen molar-refractivity contribution in [2.45, 2.75) is 6.54 Å². The molecular weight excluding hydrogens is 364 g/mol. The summed E-state index contributed by atoms with van der Waals surface area (Å²) in [6, 6.07) is 16.9. The molecule has 0 saturated carbocycles. The Morgan fingerprint density at radius 3 is 2.36 bits per heavy atom. The van der Waals surface area contributed by atoms with Gasteiger partial charge in [-0.3, -0.25) is 4.79 Å². The first kappa shape index (κ1) is 19.2. The SMILES string of the molecule is COC(=O)c1c(F)cccc1-c1ccc(CNC(=O)c2ccccc2)c(F)c1. The Labute approximate surface area is 160 Å². The highest BCUT2D eigenvalue weighted by Gasteiger charge is 2.19. The molecule has 4 nitrogen and oxygen atoms in total. The molecule has 1 N–H and O–H groups in total. The average molecular weight is 381 g/mol. The highest BCUT2D eigenvalue weighted by molar-refractivity contribution is 5.97. The van der Waals surface area contributed by atoms with Gasteiger partial charge in [0.1, 0.15) is 17.2 Å². The molecule has 0 fully saturated rings. The number of halogens is 2. The Bertz CT molecular complexity index is 1020. The van der Waals surface area contributed by atoms with Gasteiger partial charge in [0.05, 0.1) is 7.11 Å². The highest BCUT2D eigenvalue weighted by atomic mass is 19.1. The molecule has 3 rings (SSSR count). The average Bonchev–Trinajstić information content (AvgIpc) is 2.72. The topological polar surface area (TPSA) is 55.4 Å². The van der Waals surface area contributed by atoms with Gasteiger partial charge < -0.3 is 10.1 Å². The molecule has 0 saturated heterocycles. The summed E-state index contributed by atoms with van der Waals surface area (Å²) in [7, 11) is 1.15. The van der Waals surface area contributed by atoms with E-state index in [1.54, 1.807) is 36.4 Å². The number of esters is 1. The standard InChI is InChI=1S/C22H17F2NO3/c1-28-22(27)20-17(8-5-9-18(20)23)15-10-11-16(19(24)12-15)13-25-21(26)14-6-3-2-4-7-14/h2-12H,13H2,1H3,(H,25,26). The number of hydrogen-bond acceptors (Lipinski definition) is 3. The molecule has 0 heterocycles. The van der Waals surface area contributed by atoms with Crippen molar-refractivity contribution < 1.29 is 23.1 Å². The van der Waals surface area contributed by atoms with Crippen LogP contribution in [-0.4, -0.2) is 19.0 Å². The molecule has 0 radical (unpaired) electrons. The third kappa shape index (κ3) is 4.06. The summed E-state index contributed by atoms with van der Waals surface area (Å²) in [5.41, 5.74) is 1.04. The van der Waals surface area contributed by atoms with Gasteiger partial charge in [0.15, 0.2) is 0 Å². The van der Waals surface area contributed by atoms with Crippen LogP contribution in [0.1, 0.15) is 26.3 Å². The molecule has 6 heteroatoms. The zero-order valence-electron chi connectivity index (χ0n) is 15.0. The molecular formula is C22H17F2NO3. The van der Waals surface area contributed by atoms with E-state index in [-0.39, 0.29) is 29.1 Å². The Morgan fingerprint density at radius 1 is 0.929 bits per heavy atom. The molecule has 0 atom stereocenters. The maximum Gasteiger partial charge on any atom is 0.341 e. The Balaban J connectivity index is 1.83. The van der Waals surface area contributed by atoms with Gasteiger partial charge in [-0.1, -0.05) is 42.5 Å². The molecule has 0 unspecified atom stereocenters. The van der Waals surface area contributed by atoms with Crippen LogP contribution in [0.25, 0.3) is 11.1 Å². The molecule has 0 aliphatic rings. The zero-order chi connectivity index (χ0) is 20.1. The van der Waals surface area contributed by atoms with Gasteiger partial charge in [0.2, 0.25) is 0 Å². The van der Waals surface area contributed by atoms with Crippen molar-refractivity contribution in [1.29, 1.82) is 0 Å². The minimum absolute atomic E-state index is 0.00709. The summed E-state index contributed by atoms with van der Waals surface area (Å²) < 4.78 is 33.2. The summed E-state index contributed by atoms with van der Waals surface area (Å²) in [4.78, 5) is 24.0. The summed E-state index contributed by atoms with van der Waals surface area (Å²) in [6.45, 7) is -0.00709. The Hall–Kier alpha value is -3.54. The van der Waals surface area contributed by atoms with E-state index >= 15 is 0 Å². The van der Waals surface area contributed by atoms with Crippen molar-refractivity contribution >= 4 is 11.9 Å². The molecule has 0 bridgehead atoms. The number of carbonyl (C=O) groups is 2. The van der Waals surface area contributed by atoms with Crippen LogP contribution in [0.3, 0.4) is 0 Å².